The van der Waals surface area contributed by atoms with E-state index in [4.69, 9.17) is 9.47 Å². The van der Waals surface area contributed by atoms with Gasteiger partial charge in [-0.05, 0) is 53.9 Å². The van der Waals surface area contributed by atoms with Gasteiger partial charge in [-0.15, -0.1) is 10.2 Å². The number of aromatic nitrogens is 2. The Morgan fingerprint density at radius 3 is 2.55 bits per heavy atom. The number of aliphatic hydroxyl groups is 1. The quantitative estimate of drug-likeness (QED) is 0.0727. The molecule has 6 rings (SSSR count). The summed E-state index contributed by atoms with van der Waals surface area (Å²) in [5.74, 6) is -1.10. The summed E-state index contributed by atoms with van der Waals surface area (Å²) in [6.07, 6.45) is 0.667. The van der Waals surface area contributed by atoms with Crippen LogP contribution in [0.2, 0.25) is 0 Å². The van der Waals surface area contributed by atoms with E-state index in [-0.39, 0.29) is 22.6 Å². The summed E-state index contributed by atoms with van der Waals surface area (Å²) in [5, 5.41) is 20.3. The molecule has 3 aromatic carbocycles. The van der Waals surface area contributed by atoms with Crippen LogP contribution in [0.5, 0.6) is 5.75 Å². The Labute approximate surface area is 249 Å². The molecule has 0 spiro atoms. The predicted molar refractivity (Wildman–Crippen MR) is 159 cm³/mol. The van der Waals surface area contributed by atoms with Crippen molar-refractivity contribution in [3.63, 3.8) is 0 Å². The van der Waals surface area contributed by atoms with Gasteiger partial charge >= 0.3 is 11.9 Å². The van der Waals surface area contributed by atoms with Gasteiger partial charge in [-0.2, -0.15) is 0 Å². The molecule has 0 saturated carbocycles. The molecule has 2 aliphatic rings. The zero-order valence-electron chi connectivity index (χ0n) is 22.6. The molecule has 1 N–H and O–H groups in total. The maximum Gasteiger partial charge on any atom is 0.337 e. The summed E-state index contributed by atoms with van der Waals surface area (Å²) in [5.41, 5.74) is 3.16. The molecule has 9 nitrogen and oxygen atoms in total. The number of Topliss-reactive ketones (excluding diaryl/α,β-unsaturated/α-hetero) is 1. The molecule has 2 aliphatic heterocycles. The zero-order chi connectivity index (χ0) is 29.4. The Morgan fingerprint density at radius 2 is 1.81 bits per heavy atom. The van der Waals surface area contributed by atoms with Crippen molar-refractivity contribution in [2.45, 2.75) is 35.6 Å². The van der Waals surface area contributed by atoms with Crippen molar-refractivity contribution in [1.82, 2.24) is 10.2 Å². The molecule has 3 heterocycles. The number of aliphatic hydroxyl groups excluding tert-OH is 1. The molecule has 0 unspecified atom stereocenters. The molecule has 0 radical (unpaired) electrons. The van der Waals surface area contributed by atoms with Crippen LogP contribution in [0.3, 0.4) is 0 Å². The highest BCUT2D eigenvalue weighted by molar-refractivity contribution is 8.00. The molecule has 2 atom stereocenters. The molecule has 1 aromatic heterocycles. The average molecular weight is 600 g/mol. The normalized spacial score (nSPS) is 19.0. The van der Waals surface area contributed by atoms with E-state index in [1.165, 1.54) is 35.1 Å². The molecule has 1 saturated heterocycles. The lowest BCUT2D eigenvalue weighted by Gasteiger charge is -2.22. The second-order valence-corrected chi connectivity index (χ2v) is 12.0. The fourth-order valence-electron chi connectivity index (χ4n) is 5.07. The number of anilines is 1. The third-order valence-electron chi connectivity index (χ3n) is 7.07. The van der Waals surface area contributed by atoms with Crippen molar-refractivity contribution in [2.75, 3.05) is 12.0 Å². The van der Waals surface area contributed by atoms with Gasteiger partial charge in [-0.1, -0.05) is 65.6 Å². The fraction of sp³-hybridized carbons (Fsp3) is 0.194. The highest BCUT2D eigenvalue weighted by Crippen LogP contribution is 2.44. The number of carbonyl (C=O) groups is 3. The van der Waals surface area contributed by atoms with E-state index >= 15 is 0 Å². The first-order valence-corrected chi connectivity index (χ1v) is 14.9. The van der Waals surface area contributed by atoms with Gasteiger partial charge in [0.25, 0.3) is 5.78 Å². The highest BCUT2D eigenvalue weighted by atomic mass is 32.2. The number of thioether (sulfide) groups is 1. The summed E-state index contributed by atoms with van der Waals surface area (Å²) in [6, 6.07) is 20.5. The number of rotatable bonds is 7. The van der Waals surface area contributed by atoms with Crippen molar-refractivity contribution >= 4 is 51.6 Å². The van der Waals surface area contributed by atoms with Gasteiger partial charge in [0.05, 0.1) is 24.3 Å². The number of ether oxygens (including phenoxy) is 2. The molecular formula is C31H25N3O6S2. The smallest absolute Gasteiger partial charge is 0.337 e. The predicted octanol–water partition coefficient (Wildman–Crippen LogP) is 5.57. The third kappa shape index (κ3) is 5.17. The molecule has 42 heavy (non-hydrogen) atoms. The van der Waals surface area contributed by atoms with Crippen LogP contribution in [0.25, 0.3) is 5.76 Å². The van der Waals surface area contributed by atoms with Crippen LogP contribution in [0.1, 0.15) is 45.6 Å². The number of esters is 1. The van der Waals surface area contributed by atoms with E-state index in [1.807, 2.05) is 37.3 Å². The van der Waals surface area contributed by atoms with Gasteiger partial charge in [0.1, 0.15) is 17.6 Å². The SMILES string of the molecule is COC(=O)c1ccc([C@@H]2C(=C(O)c3ccc4c(c3)C[C@H](C)O4)C(=O)C(=O)N2c2nnc(SCc3ccccc3)s2)cc1. The lowest BCUT2D eigenvalue weighted by atomic mass is 9.94. The van der Waals surface area contributed by atoms with Gasteiger partial charge < -0.3 is 14.6 Å². The molecule has 0 aliphatic carbocycles. The summed E-state index contributed by atoms with van der Waals surface area (Å²) >= 11 is 2.66. The number of methoxy groups -OCH3 is 1. The lowest BCUT2D eigenvalue weighted by Crippen LogP contribution is -2.29. The summed E-state index contributed by atoms with van der Waals surface area (Å²) in [6.45, 7) is 1.96. The van der Waals surface area contributed by atoms with E-state index in [1.54, 1.807) is 42.5 Å². The van der Waals surface area contributed by atoms with E-state index in [0.717, 1.165) is 16.9 Å². The third-order valence-corrected chi connectivity index (χ3v) is 9.20. The van der Waals surface area contributed by atoms with Crippen molar-refractivity contribution in [3.05, 3.63) is 106 Å². The lowest BCUT2D eigenvalue weighted by molar-refractivity contribution is -0.132. The van der Waals surface area contributed by atoms with Crippen LogP contribution in [0, 0.1) is 0 Å². The number of amides is 1. The first-order valence-electron chi connectivity index (χ1n) is 13.1. The second kappa shape index (κ2) is 11.4. The number of hydrogen-bond donors (Lipinski definition) is 1. The summed E-state index contributed by atoms with van der Waals surface area (Å²) in [4.78, 5) is 40.4. The minimum atomic E-state index is -1.000. The van der Waals surface area contributed by atoms with Gasteiger partial charge in [0.2, 0.25) is 5.13 Å². The van der Waals surface area contributed by atoms with E-state index in [9.17, 15) is 19.5 Å². The maximum absolute atomic E-state index is 13.6. The van der Waals surface area contributed by atoms with Crippen LogP contribution in [0.15, 0.2) is 82.7 Å². The van der Waals surface area contributed by atoms with Crippen molar-refractivity contribution in [2.24, 2.45) is 0 Å². The Kier molecular flexibility index (Phi) is 7.53. The molecular weight excluding hydrogens is 574 g/mol. The van der Waals surface area contributed by atoms with E-state index in [0.29, 0.717) is 33.2 Å². The zero-order valence-corrected chi connectivity index (χ0v) is 24.3. The molecule has 1 amide bonds. The second-order valence-electron chi connectivity index (χ2n) is 9.86. The van der Waals surface area contributed by atoms with Crippen LogP contribution < -0.4 is 9.64 Å². The first kappa shape index (κ1) is 27.7. The monoisotopic (exact) mass is 599 g/mol. The van der Waals surface area contributed by atoms with Crippen LogP contribution >= 0.6 is 23.1 Å². The highest BCUT2D eigenvalue weighted by Gasteiger charge is 2.48. The van der Waals surface area contributed by atoms with Gasteiger partial charge in [0.15, 0.2) is 4.34 Å². The van der Waals surface area contributed by atoms with Gasteiger partial charge in [0, 0.05) is 17.7 Å². The minimum absolute atomic E-state index is 0.00246. The van der Waals surface area contributed by atoms with Crippen LogP contribution in [0.4, 0.5) is 5.13 Å². The van der Waals surface area contributed by atoms with E-state index in [2.05, 4.69) is 10.2 Å². The Hall–Kier alpha value is -4.48. The Bertz CT molecular complexity index is 1720. The van der Waals surface area contributed by atoms with Crippen molar-refractivity contribution in [1.29, 1.82) is 0 Å². The molecule has 0 bridgehead atoms. The standard InChI is InChI=1S/C31H25N3O6S2/c1-17-14-22-15-21(12-13-23(22)40-17)26(35)24-25(19-8-10-20(11-9-19)29(38)39-2)34(28(37)27(24)36)30-32-33-31(42-30)41-16-18-6-4-3-5-7-18/h3-13,15,17,25,35H,14,16H2,1-2H3/t17-,25+/m0/s1. The molecule has 212 valence electrons. The van der Waals surface area contributed by atoms with Crippen molar-refractivity contribution in [3.8, 4) is 5.75 Å². The molecule has 4 aromatic rings. The molecule has 1 fully saturated rings. The van der Waals surface area contributed by atoms with E-state index < -0.39 is 23.7 Å². The number of carbonyl (C=O) groups excluding carboxylic acids is 3. The fourth-order valence-corrected chi connectivity index (χ4v) is 6.89. The van der Waals surface area contributed by atoms with Crippen LogP contribution in [-0.2, 0) is 26.5 Å². The summed E-state index contributed by atoms with van der Waals surface area (Å²) in [7, 11) is 1.29. The maximum atomic E-state index is 13.6. The minimum Gasteiger partial charge on any atom is -0.507 e. The number of benzene rings is 3. The van der Waals surface area contributed by atoms with Crippen LogP contribution in [-0.4, -0.2) is 46.2 Å². The Balaban J connectivity index is 1.40. The topological polar surface area (TPSA) is 119 Å². The van der Waals surface area contributed by atoms with Gasteiger partial charge in [-0.25, -0.2) is 4.79 Å². The van der Waals surface area contributed by atoms with Crippen molar-refractivity contribution < 1.29 is 29.0 Å². The largest absolute Gasteiger partial charge is 0.507 e. The Morgan fingerprint density at radius 1 is 1.07 bits per heavy atom. The van der Waals surface area contributed by atoms with Gasteiger partial charge in [-0.3, -0.25) is 14.5 Å². The molecule has 11 heteroatoms. The number of ketones is 1. The first-order chi connectivity index (χ1) is 20.3. The summed E-state index contributed by atoms with van der Waals surface area (Å²) < 4.78 is 11.2. The number of hydrogen-bond acceptors (Lipinski definition) is 10. The average Bonchev–Trinajstić information content (AvgIpc) is 3.70. The number of fused-ring (bicyclic) bond motifs is 1. The number of nitrogens with zero attached hydrogens (tertiary/aromatic N) is 3.